The first kappa shape index (κ1) is 14.4. The van der Waals surface area contributed by atoms with E-state index in [-0.39, 0.29) is 23.6 Å². The molecule has 0 atom stereocenters. The van der Waals surface area contributed by atoms with E-state index in [4.69, 9.17) is 16.9 Å². The molecule has 2 rings (SSSR count). The van der Waals surface area contributed by atoms with E-state index >= 15 is 0 Å². The quantitative estimate of drug-likeness (QED) is 0.841. The van der Waals surface area contributed by atoms with Crippen LogP contribution in [-0.2, 0) is 4.79 Å². The molecule has 0 aromatic heterocycles. The van der Waals surface area contributed by atoms with E-state index in [0.717, 1.165) is 0 Å². The summed E-state index contributed by atoms with van der Waals surface area (Å²) in [5, 5.41) is 11.5. The van der Waals surface area contributed by atoms with Crippen LogP contribution in [0.15, 0.2) is 24.3 Å². The minimum atomic E-state index is -0.170. The number of nitriles is 1. The first-order valence-corrected chi connectivity index (χ1v) is 6.79. The molecule has 1 saturated heterocycles. The maximum atomic E-state index is 11.9. The molecule has 1 aromatic carbocycles. The number of nitrogens with zero attached hydrogens (tertiary/aromatic N) is 2. The molecule has 1 aliphatic rings. The van der Waals surface area contributed by atoms with Crippen molar-refractivity contribution in [2.45, 2.75) is 0 Å². The Labute approximate surface area is 122 Å². The molecular weight excluding hydrogens is 278 g/mol. The van der Waals surface area contributed by atoms with E-state index in [1.54, 1.807) is 29.2 Å². The molecular formula is C14H14ClN3O2. The van der Waals surface area contributed by atoms with Crippen LogP contribution in [0.2, 0.25) is 0 Å². The highest BCUT2D eigenvalue weighted by molar-refractivity contribution is 6.27. The van der Waals surface area contributed by atoms with Crippen molar-refractivity contribution in [1.82, 2.24) is 10.2 Å². The van der Waals surface area contributed by atoms with Gasteiger partial charge in [0.15, 0.2) is 0 Å². The van der Waals surface area contributed by atoms with Gasteiger partial charge in [0.2, 0.25) is 5.91 Å². The predicted molar refractivity (Wildman–Crippen MR) is 74.3 cm³/mol. The van der Waals surface area contributed by atoms with Crippen molar-refractivity contribution in [1.29, 1.82) is 5.26 Å². The van der Waals surface area contributed by atoms with Gasteiger partial charge in [0, 0.05) is 31.1 Å². The highest BCUT2D eigenvalue weighted by Gasteiger charge is 2.29. The highest BCUT2D eigenvalue weighted by atomic mass is 35.5. The molecule has 1 N–H and O–H groups in total. The van der Waals surface area contributed by atoms with Gasteiger partial charge in [-0.2, -0.15) is 5.26 Å². The molecule has 0 bridgehead atoms. The normalized spacial score (nSPS) is 14.3. The zero-order valence-electron chi connectivity index (χ0n) is 10.8. The SMILES string of the molecule is N#Cc1ccc(C(=O)NCC2CN(C(=O)CCl)C2)cc1. The van der Waals surface area contributed by atoms with Crippen molar-refractivity contribution in [3.05, 3.63) is 35.4 Å². The Morgan fingerprint density at radius 2 is 2.00 bits per heavy atom. The fourth-order valence-corrected chi connectivity index (χ4v) is 2.19. The first-order chi connectivity index (χ1) is 9.63. The molecule has 0 radical (unpaired) electrons. The van der Waals surface area contributed by atoms with Gasteiger partial charge < -0.3 is 10.2 Å². The Morgan fingerprint density at radius 3 is 2.55 bits per heavy atom. The summed E-state index contributed by atoms with van der Waals surface area (Å²) in [6, 6.07) is 8.47. The van der Waals surface area contributed by atoms with Gasteiger partial charge in [-0.25, -0.2) is 0 Å². The molecule has 1 heterocycles. The fraction of sp³-hybridized carbons (Fsp3) is 0.357. The maximum absolute atomic E-state index is 11.9. The largest absolute Gasteiger partial charge is 0.352 e. The minimum Gasteiger partial charge on any atom is -0.352 e. The number of nitrogens with one attached hydrogen (secondary N) is 1. The lowest BCUT2D eigenvalue weighted by Gasteiger charge is -2.39. The standard InChI is InChI=1S/C14H14ClN3O2/c15-5-13(19)18-8-11(9-18)7-17-14(20)12-3-1-10(6-16)2-4-12/h1-4,11H,5,7-9H2,(H,17,20). The molecule has 2 amide bonds. The summed E-state index contributed by atoms with van der Waals surface area (Å²) in [6.45, 7) is 1.81. The third kappa shape index (κ3) is 3.28. The van der Waals surface area contributed by atoms with Gasteiger partial charge >= 0.3 is 0 Å². The lowest BCUT2D eigenvalue weighted by atomic mass is 10.00. The van der Waals surface area contributed by atoms with Crippen LogP contribution in [0.25, 0.3) is 0 Å². The number of hydrogen-bond acceptors (Lipinski definition) is 3. The van der Waals surface area contributed by atoms with Crippen molar-refractivity contribution in [3.63, 3.8) is 0 Å². The van der Waals surface area contributed by atoms with E-state index in [9.17, 15) is 9.59 Å². The summed E-state index contributed by atoms with van der Waals surface area (Å²) in [5.74, 6) is 0.0482. The molecule has 6 heteroatoms. The monoisotopic (exact) mass is 291 g/mol. The van der Waals surface area contributed by atoms with Crippen LogP contribution in [0.5, 0.6) is 0 Å². The number of carbonyl (C=O) groups is 2. The van der Waals surface area contributed by atoms with Gasteiger partial charge in [-0.15, -0.1) is 11.6 Å². The summed E-state index contributed by atoms with van der Waals surface area (Å²) in [7, 11) is 0. The molecule has 104 valence electrons. The molecule has 1 aliphatic heterocycles. The third-order valence-electron chi connectivity index (χ3n) is 3.25. The van der Waals surface area contributed by atoms with Gasteiger partial charge in [0.25, 0.3) is 5.91 Å². The Bertz CT molecular complexity index is 545. The molecule has 1 fully saturated rings. The van der Waals surface area contributed by atoms with Crippen molar-refractivity contribution < 1.29 is 9.59 Å². The van der Waals surface area contributed by atoms with Crippen LogP contribution < -0.4 is 5.32 Å². The van der Waals surface area contributed by atoms with Crippen LogP contribution in [0.1, 0.15) is 15.9 Å². The van der Waals surface area contributed by atoms with Crippen molar-refractivity contribution in [3.8, 4) is 6.07 Å². The average Bonchev–Trinajstić information content (AvgIpc) is 2.45. The van der Waals surface area contributed by atoms with Crippen molar-refractivity contribution >= 4 is 23.4 Å². The summed E-state index contributed by atoms with van der Waals surface area (Å²) in [5.41, 5.74) is 1.05. The van der Waals surface area contributed by atoms with Crippen LogP contribution in [0.3, 0.4) is 0 Å². The molecule has 0 spiro atoms. The van der Waals surface area contributed by atoms with Crippen molar-refractivity contribution in [2.24, 2.45) is 5.92 Å². The second-order valence-corrected chi connectivity index (χ2v) is 4.96. The van der Waals surface area contributed by atoms with Crippen LogP contribution in [0.4, 0.5) is 0 Å². The smallest absolute Gasteiger partial charge is 0.251 e. The second kappa shape index (κ2) is 6.40. The molecule has 0 unspecified atom stereocenters. The zero-order chi connectivity index (χ0) is 14.5. The number of benzene rings is 1. The zero-order valence-corrected chi connectivity index (χ0v) is 11.6. The minimum absolute atomic E-state index is 0.00429. The third-order valence-corrected chi connectivity index (χ3v) is 3.48. The van der Waals surface area contributed by atoms with Gasteiger partial charge in [0.1, 0.15) is 5.88 Å². The number of hydrogen-bond donors (Lipinski definition) is 1. The number of rotatable bonds is 4. The summed E-state index contributed by atoms with van der Waals surface area (Å²) in [6.07, 6.45) is 0. The number of carbonyl (C=O) groups excluding carboxylic acids is 2. The summed E-state index contributed by atoms with van der Waals surface area (Å²) < 4.78 is 0. The fourth-order valence-electron chi connectivity index (χ4n) is 2.02. The molecule has 0 aliphatic carbocycles. The summed E-state index contributed by atoms with van der Waals surface area (Å²) >= 11 is 5.46. The Balaban J connectivity index is 1.76. The van der Waals surface area contributed by atoms with Gasteiger partial charge in [-0.1, -0.05) is 0 Å². The van der Waals surface area contributed by atoms with E-state index in [1.165, 1.54) is 0 Å². The second-order valence-electron chi connectivity index (χ2n) is 4.70. The predicted octanol–water partition coefficient (Wildman–Crippen LogP) is 0.985. The first-order valence-electron chi connectivity index (χ1n) is 6.26. The lowest BCUT2D eigenvalue weighted by Crippen LogP contribution is -2.54. The van der Waals surface area contributed by atoms with Gasteiger partial charge in [-0.05, 0) is 24.3 Å². The van der Waals surface area contributed by atoms with E-state index in [1.807, 2.05) is 6.07 Å². The number of halogens is 1. The lowest BCUT2D eigenvalue weighted by molar-refractivity contribution is -0.134. The average molecular weight is 292 g/mol. The molecule has 1 aromatic rings. The van der Waals surface area contributed by atoms with E-state index in [0.29, 0.717) is 30.8 Å². The maximum Gasteiger partial charge on any atom is 0.251 e. The van der Waals surface area contributed by atoms with E-state index in [2.05, 4.69) is 5.32 Å². The van der Waals surface area contributed by atoms with Crippen LogP contribution in [0, 0.1) is 17.2 Å². The van der Waals surface area contributed by atoms with Crippen LogP contribution >= 0.6 is 11.6 Å². The number of likely N-dealkylation sites (tertiary alicyclic amines) is 1. The number of alkyl halides is 1. The summed E-state index contributed by atoms with van der Waals surface area (Å²) in [4.78, 5) is 24.8. The topological polar surface area (TPSA) is 73.2 Å². The van der Waals surface area contributed by atoms with Crippen molar-refractivity contribution in [2.75, 3.05) is 25.5 Å². The Kier molecular flexibility index (Phi) is 4.59. The molecule has 20 heavy (non-hydrogen) atoms. The molecule has 5 nitrogen and oxygen atoms in total. The Hall–Kier alpha value is -2.06. The Morgan fingerprint density at radius 1 is 1.35 bits per heavy atom. The number of amides is 2. The highest BCUT2D eigenvalue weighted by Crippen LogP contribution is 2.15. The van der Waals surface area contributed by atoms with Crippen LogP contribution in [-0.4, -0.2) is 42.2 Å². The van der Waals surface area contributed by atoms with Gasteiger partial charge in [0.05, 0.1) is 11.6 Å². The van der Waals surface area contributed by atoms with E-state index < -0.39 is 0 Å². The van der Waals surface area contributed by atoms with Gasteiger partial charge in [-0.3, -0.25) is 9.59 Å². The molecule has 0 saturated carbocycles.